The van der Waals surface area contributed by atoms with Gasteiger partial charge in [0.1, 0.15) is 0 Å². The molecule has 2 unspecified atom stereocenters. The Balaban J connectivity index is 2.64. The minimum Gasteiger partial charge on any atom is -0.392 e. The summed E-state index contributed by atoms with van der Waals surface area (Å²) in [5.41, 5.74) is 0.809. The minimum absolute atomic E-state index is 0.120. The van der Waals surface area contributed by atoms with Crippen molar-refractivity contribution in [1.82, 2.24) is 4.98 Å². The zero-order valence-electron chi connectivity index (χ0n) is 9.21. The summed E-state index contributed by atoms with van der Waals surface area (Å²) in [6.45, 7) is 5.43. The Morgan fingerprint density at radius 2 is 1.87 bits per heavy atom. The van der Waals surface area contributed by atoms with E-state index in [0.29, 0.717) is 0 Å². The lowest BCUT2D eigenvalue weighted by Gasteiger charge is -2.13. The SMILES string of the molecule is CC(O)C(C)Sc1ccc([C@H](C)O)cn1. The van der Waals surface area contributed by atoms with E-state index in [4.69, 9.17) is 0 Å². The van der Waals surface area contributed by atoms with Crippen molar-refractivity contribution >= 4 is 11.8 Å². The lowest BCUT2D eigenvalue weighted by atomic mass is 10.2. The molecule has 1 aromatic heterocycles. The number of aliphatic hydroxyl groups excluding tert-OH is 2. The number of thioether (sulfide) groups is 1. The van der Waals surface area contributed by atoms with Gasteiger partial charge < -0.3 is 10.2 Å². The van der Waals surface area contributed by atoms with Crippen molar-refractivity contribution in [3.63, 3.8) is 0 Å². The zero-order chi connectivity index (χ0) is 11.4. The molecule has 0 bridgehead atoms. The van der Waals surface area contributed by atoms with Crippen LogP contribution in [0.2, 0.25) is 0 Å². The molecule has 0 fully saturated rings. The number of aromatic nitrogens is 1. The van der Waals surface area contributed by atoms with Crippen LogP contribution in [0.15, 0.2) is 23.4 Å². The summed E-state index contributed by atoms with van der Waals surface area (Å²) < 4.78 is 0. The van der Waals surface area contributed by atoms with Gasteiger partial charge in [0.05, 0.1) is 17.2 Å². The van der Waals surface area contributed by atoms with Gasteiger partial charge in [-0.3, -0.25) is 0 Å². The Labute approximate surface area is 94.6 Å². The summed E-state index contributed by atoms with van der Waals surface area (Å²) >= 11 is 1.53. The van der Waals surface area contributed by atoms with E-state index in [1.807, 2.05) is 19.1 Å². The second kappa shape index (κ2) is 5.49. The maximum absolute atomic E-state index is 9.34. The smallest absolute Gasteiger partial charge is 0.0963 e. The highest BCUT2D eigenvalue weighted by molar-refractivity contribution is 7.99. The Morgan fingerprint density at radius 3 is 2.27 bits per heavy atom. The van der Waals surface area contributed by atoms with E-state index in [0.717, 1.165) is 10.6 Å². The first-order valence-corrected chi connectivity index (χ1v) is 5.87. The zero-order valence-corrected chi connectivity index (χ0v) is 10.0. The van der Waals surface area contributed by atoms with E-state index in [-0.39, 0.29) is 11.4 Å². The van der Waals surface area contributed by atoms with Gasteiger partial charge in [0.2, 0.25) is 0 Å². The van der Waals surface area contributed by atoms with Crippen LogP contribution in [0.5, 0.6) is 0 Å². The molecule has 3 atom stereocenters. The van der Waals surface area contributed by atoms with Gasteiger partial charge in [-0.05, 0) is 25.5 Å². The Hall–Kier alpha value is -0.580. The molecular weight excluding hydrogens is 210 g/mol. The first kappa shape index (κ1) is 12.5. The number of hydrogen-bond acceptors (Lipinski definition) is 4. The number of nitrogens with zero attached hydrogens (tertiary/aromatic N) is 1. The first-order chi connectivity index (χ1) is 7.00. The lowest BCUT2D eigenvalue weighted by Crippen LogP contribution is -2.15. The van der Waals surface area contributed by atoms with Gasteiger partial charge in [0.15, 0.2) is 0 Å². The Morgan fingerprint density at radius 1 is 1.20 bits per heavy atom. The number of aliphatic hydroxyl groups is 2. The molecule has 1 rings (SSSR count). The molecule has 0 aromatic carbocycles. The fourth-order valence-corrected chi connectivity index (χ4v) is 1.84. The molecule has 0 aliphatic heterocycles. The highest BCUT2D eigenvalue weighted by Crippen LogP contribution is 2.24. The van der Waals surface area contributed by atoms with Crippen molar-refractivity contribution < 1.29 is 10.2 Å². The molecular formula is C11H17NO2S. The van der Waals surface area contributed by atoms with Gasteiger partial charge in [0.25, 0.3) is 0 Å². The average molecular weight is 227 g/mol. The largest absolute Gasteiger partial charge is 0.392 e. The van der Waals surface area contributed by atoms with E-state index in [1.165, 1.54) is 11.8 Å². The maximum atomic E-state index is 9.34. The molecule has 0 spiro atoms. The molecule has 1 heterocycles. The van der Waals surface area contributed by atoms with Crippen LogP contribution in [0.25, 0.3) is 0 Å². The molecule has 3 nitrogen and oxygen atoms in total. The summed E-state index contributed by atoms with van der Waals surface area (Å²) in [5.74, 6) is 0. The Kier molecular flexibility index (Phi) is 4.57. The van der Waals surface area contributed by atoms with Crippen LogP contribution in [0.1, 0.15) is 32.4 Å². The predicted octanol–water partition coefficient (Wildman–Crippen LogP) is 2.00. The van der Waals surface area contributed by atoms with E-state index in [9.17, 15) is 10.2 Å². The fraction of sp³-hybridized carbons (Fsp3) is 0.545. The van der Waals surface area contributed by atoms with Gasteiger partial charge >= 0.3 is 0 Å². The third kappa shape index (κ3) is 3.81. The second-order valence-electron chi connectivity index (χ2n) is 3.67. The molecule has 0 radical (unpaired) electrons. The van der Waals surface area contributed by atoms with Crippen molar-refractivity contribution in [2.45, 2.75) is 43.3 Å². The van der Waals surface area contributed by atoms with E-state index >= 15 is 0 Å². The molecule has 0 saturated carbocycles. The van der Waals surface area contributed by atoms with Gasteiger partial charge in [-0.15, -0.1) is 11.8 Å². The van der Waals surface area contributed by atoms with Gasteiger partial charge in [0, 0.05) is 11.4 Å². The molecule has 0 amide bonds. The number of pyridine rings is 1. The van der Waals surface area contributed by atoms with Crippen LogP contribution in [-0.4, -0.2) is 26.6 Å². The van der Waals surface area contributed by atoms with Crippen LogP contribution in [0.3, 0.4) is 0 Å². The summed E-state index contributed by atoms with van der Waals surface area (Å²) in [6, 6.07) is 3.72. The van der Waals surface area contributed by atoms with Gasteiger partial charge in [-0.1, -0.05) is 13.0 Å². The van der Waals surface area contributed by atoms with E-state index in [1.54, 1.807) is 20.0 Å². The van der Waals surface area contributed by atoms with Crippen LogP contribution >= 0.6 is 11.8 Å². The fourth-order valence-electron chi connectivity index (χ4n) is 0.998. The van der Waals surface area contributed by atoms with Crippen molar-refractivity contribution in [2.75, 3.05) is 0 Å². The molecule has 4 heteroatoms. The number of hydrogen-bond donors (Lipinski definition) is 2. The quantitative estimate of drug-likeness (QED) is 0.772. The summed E-state index contributed by atoms with van der Waals surface area (Å²) in [7, 11) is 0. The molecule has 0 saturated heterocycles. The summed E-state index contributed by atoms with van der Waals surface area (Å²) in [6.07, 6.45) is 0.834. The second-order valence-corrected chi connectivity index (χ2v) is 5.07. The molecule has 0 aliphatic rings. The van der Waals surface area contributed by atoms with Crippen LogP contribution in [0.4, 0.5) is 0 Å². The molecule has 2 N–H and O–H groups in total. The molecule has 0 aliphatic carbocycles. The average Bonchev–Trinajstić information content (AvgIpc) is 2.18. The van der Waals surface area contributed by atoms with Crippen molar-refractivity contribution in [3.8, 4) is 0 Å². The van der Waals surface area contributed by atoms with Crippen LogP contribution in [-0.2, 0) is 0 Å². The highest BCUT2D eigenvalue weighted by Gasteiger charge is 2.11. The summed E-state index contributed by atoms with van der Waals surface area (Å²) in [4.78, 5) is 4.21. The third-order valence-electron chi connectivity index (χ3n) is 2.23. The van der Waals surface area contributed by atoms with Crippen LogP contribution in [0, 0.1) is 0 Å². The third-order valence-corrected chi connectivity index (χ3v) is 3.48. The molecule has 84 valence electrons. The lowest BCUT2D eigenvalue weighted by molar-refractivity contribution is 0.196. The Bertz CT molecular complexity index is 298. The van der Waals surface area contributed by atoms with Crippen molar-refractivity contribution in [2.24, 2.45) is 0 Å². The first-order valence-electron chi connectivity index (χ1n) is 4.99. The van der Waals surface area contributed by atoms with Gasteiger partial charge in [-0.25, -0.2) is 4.98 Å². The highest BCUT2D eigenvalue weighted by atomic mass is 32.2. The molecule has 1 aromatic rings. The normalized spacial score (nSPS) is 17.1. The van der Waals surface area contributed by atoms with Crippen molar-refractivity contribution in [1.29, 1.82) is 0 Å². The number of rotatable bonds is 4. The maximum Gasteiger partial charge on any atom is 0.0963 e. The summed E-state index contributed by atoms with van der Waals surface area (Å²) in [5, 5.41) is 19.6. The standard InChI is InChI=1S/C11H17NO2S/c1-7(13)9(3)15-11-5-4-10(6-12-11)8(2)14/h4-9,13-14H,1-3H3/t7?,8-,9?/m0/s1. The molecule has 15 heavy (non-hydrogen) atoms. The van der Waals surface area contributed by atoms with Gasteiger partial charge in [-0.2, -0.15) is 0 Å². The van der Waals surface area contributed by atoms with E-state index < -0.39 is 6.10 Å². The van der Waals surface area contributed by atoms with E-state index in [2.05, 4.69) is 4.98 Å². The monoisotopic (exact) mass is 227 g/mol. The predicted molar refractivity (Wildman–Crippen MR) is 61.9 cm³/mol. The van der Waals surface area contributed by atoms with Crippen molar-refractivity contribution in [3.05, 3.63) is 23.9 Å². The topological polar surface area (TPSA) is 53.4 Å². The van der Waals surface area contributed by atoms with Crippen LogP contribution < -0.4 is 0 Å². The minimum atomic E-state index is -0.481.